The first-order chi connectivity index (χ1) is 7.09. The highest BCUT2D eigenvalue weighted by atomic mass is 15.1. The van der Waals surface area contributed by atoms with Crippen molar-refractivity contribution in [3.8, 4) is 0 Å². The fraction of sp³-hybridized carbons (Fsp3) is 0.750. The van der Waals surface area contributed by atoms with Crippen LogP contribution in [0.25, 0.3) is 0 Å². The normalized spacial score (nSPS) is 36.8. The van der Waals surface area contributed by atoms with Crippen LogP contribution < -0.4 is 5.73 Å². The van der Waals surface area contributed by atoms with Crippen LogP contribution in [0.1, 0.15) is 38.6 Å². The summed E-state index contributed by atoms with van der Waals surface area (Å²) in [6, 6.07) is 0.709. The van der Waals surface area contributed by atoms with Gasteiger partial charge in [-0.25, -0.2) is 4.98 Å². The first-order valence-corrected chi connectivity index (χ1v) is 5.84. The molecule has 0 spiro atoms. The van der Waals surface area contributed by atoms with Crippen LogP contribution in [0.2, 0.25) is 0 Å². The van der Waals surface area contributed by atoms with Crippen molar-refractivity contribution in [2.24, 2.45) is 17.6 Å². The van der Waals surface area contributed by atoms with Crippen molar-refractivity contribution in [1.29, 1.82) is 0 Å². The summed E-state index contributed by atoms with van der Waals surface area (Å²) in [6.45, 7) is 6.66. The third-order valence-corrected chi connectivity index (χ3v) is 3.65. The summed E-state index contributed by atoms with van der Waals surface area (Å²) < 4.78 is 2.25. The van der Waals surface area contributed by atoms with Gasteiger partial charge in [0.2, 0.25) is 0 Å². The maximum Gasteiger partial charge on any atom is 0.105 e. The zero-order valence-corrected chi connectivity index (χ0v) is 9.85. The molecule has 0 aromatic carbocycles. The summed E-state index contributed by atoms with van der Waals surface area (Å²) in [5, 5.41) is 0. The van der Waals surface area contributed by atoms with E-state index in [9.17, 15) is 0 Å². The van der Waals surface area contributed by atoms with E-state index in [2.05, 4.69) is 36.5 Å². The maximum atomic E-state index is 6.27. The second kappa shape index (κ2) is 3.97. The minimum atomic E-state index is 0.275. The lowest BCUT2D eigenvalue weighted by Gasteiger charge is -2.39. The number of imidazole rings is 1. The molecule has 1 aliphatic carbocycles. The molecule has 4 unspecified atom stereocenters. The first kappa shape index (κ1) is 10.7. The van der Waals surface area contributed by atoms with Crippen molar-refractivity contribution >= 4 is 0 Å². The summed E-state index contributed by atoms with van der Waals surface area (Å²) in [4.78, 5) is 4.29. The summed E-state index contributed by atoms with van der Waals surface area (Å²) >= 11 is 0. The van der Waals surface area contributed by atoms with Gasteiger partial charge < -0.3 is 10.3 Å². The zero-order chi connectivity index (χ0) is 11.0. The van der Waals surface area contributed by atoms with E-state index in [-0.39, 0.29) is 6.04 Å². The standard InChI is InChI=1S/C12H21N3/c1-8-6-9(2)12(11(13)7-8)15-5-4-14-10(15)3/h4-5,8-9,11-12H,6-7,13H2,1-3H3. The van der Waals surface area contributed by atoms with E-state index in [0.717, 1.165) is 18.2 Å². The second-order valence-corrected chi connectivity index (χ2v) is 5.09. The van der Waals surface area contributed by atoms with Crippen LogP contribution >= 0.6 is 0 Å². The summed E-state index contributed by atoms with van der Waals surface area (Å²) in [7, 11) is 0. The van der Waals surface area contributed by atoms with Crippen LogP contribution in [0.5, 0.6) is 0 Å². The summed E-state index contributed by atoms with van der Waals surface area (Å²) in [5.74, 6) is 2.49. The third kappa shape index (κ3) is 1.93. The highest BCUT2D eigenvalue weighted by Crippen LogP contribution is 2.36. The highest BCUT2D eigenvalue weighted by molar-refractivity contribution is 4.99. The molecule has 1 aromatic heterocycles. The topological polar surface area (TPSA) is 43.8 Å². The number of hydrogen-bond acceptors (Lipinski definition) is 2. The van der Waals surface area contributed by atoms with Gasteiger partial charge in [0.15, 0.2) is 0 Å². The second-order valence-electron chi connectivity index (χ2n) is 5.09. The van der Waals surface area contributed by atoms with Crippen molar-refractivity contribution in [3.63, 3.8) is 0 Å². The van der Waals surface area contributed by atoms with E-state index in [0.29, 0.717) is 12.0 Å². The molecule has 4 atom stereocenters. The molecule has 3 heteroatoms. The fourth-order valence-corrected chi connectivity index (χ4v) is 3.08. The van der Waals surface area contributed by atoms with E-state index < -0.39 is 0 Å². The molecule has 0 amide bonds. The molecule has 1 fully saturated rings. The lowest BCUT2D eigenvalue weighted by Crippen LogP contribution is -2.42. The average Bonchev–Trinajstić information content (AvgIpc) is 2.50. The van der Waals surface area contributed by atoms with Crippen LogP contribution in [0.4, 0.5) is 0 Å². The van der Waals surface area contributed by atoms with Gasteiger partial charge in [-0.05, 0) is 31.6 Å². The van der Waals surface area contributed by atoms with Gasteiger partial charge in [0.25, 0.3) is 0 Å². The van der Waals surface area contributed by atoms with E-state index >= 15 is 0 Å². The third-order valence-electron chi connectivity index (χ3n) is 3.65. The number of aromatic nitrogens is 2. The van der Waals surface area contributed by atoms with Crippen LogP contribution in [0.3, 0.4) is 0 Å². The molecule has 2 N–H and O–H groups in total. The van der Waals surface area contributed by atoms with Gasteiger partial charge >= 0.3 is 0 Å². The summed E-state index contributed by atoms with van der Waals surface area (Å²) in [5.41, 5.74) is 6.27. The van der Waals surface area contributed by atoms with Crippen LogP contribution in [0, 0.1) is 18.8 Å². The molecular weight excluding hydrogens is 186 g/mol. The Labute approximate surface area is 91.7 Å². The molecule has 0 saturated heterocycles. The van der Waals surface area contributed by atoms with Gasteiger partial charge in [-0.1, -0.05) is 13.8 Å². The molecule has 84 valence electrons. The molecular formula is C12H21N3. The fourth-order valence-electron chi connectivity index (χ4n) is 3.08. The minimum absolute atomic E-state index is 0.275. The SMILES string of the molecule is Cc1nccn1C1C(C)CC(C)CC1N. The Morgan fingerprint density at radius 3 is 2.67 bits per heavy atom. The maximum absolute atomic E-state index is 6.27. The molecule has 3 nitrogen and oxygen atoms in total. The largest absolute Gasteiger partial charge is 0.330 e. The van der Waals surface area contributed by atoms with E-state index in [1.165, 1.54) is 6.42 Å². The Bertz CT molecular complexity index is 319. The number of nitrogens with zero attached hydrogens (tertiary/aromatic N) is 2. The van der Waals surface area contributed by atoms with Crippen LogP contribution in [-0.2, 0) is 0 Å². The molecule has 2 rings (SSSR count). The van der Waals surface area contributed by atoms with Gasteiger partial charge in [0, 0.05) is 18.4 Å². The number of hydrogen-bond donors (Lipinski definition) is 1. The van der Waals surface area contributed by atoms with Crippen LogP contribution in [0.15, 0.2) is 12.4 Å². The van der Waals surface area contributed by atoms with Gasteiger partial charge in [0.1, 0.15) is 5.82 Å². The van der Waals surface area contributed by atoms with Crippen molar-refractivity contribution < 1.29 is 0 Å². The molecule has 0 radical (unpaired) electrons. The molecule has 1 aromatic rings. The molecule has 0 aliphatic heterocycles. The lowest BCUT2D eigenvalue weighted by molar-refractivity contribution is 0.176. The smallest absolute Gasteiger partial charge is 0.105 e. The predicted octanol–water partition coefficient (Wildman–Crippen LogP) is 2.13. The molecule has 15 heavy (non-hydrogen) atoms. The van der Waals surface area contributed by atoms with Crippen LogP contribution in [-0.4, -0.2) is 15.6 Å². The van der Waals surface area contributed by atoms with Crippen molar-refractivity contribution in [1.82, 2.24) is 9.55 Å². The Morgan fingerprint density at radius 2 is 2.13 bits per heavy atom. The Morgan fingerprint density at radius 1 is 1.40 bits per heavy atom. The van der Waals surface area contributed by atoms with Crippen molar-refractivity contribution in [2.45, 2.75) is 45.7 Å². The highest BCUT2D eigenvalue weighted by Gasteiger charge is 2.33. The lowest BCUT2D eigenvalue weighted by atomic mass is 9.77. The van der Waals surface area contributed by atoms with Gasteiger partial charge in [0.05, 0.1) is 6.04 Å². The zero-order valence-electron chi connectivity index (χ0n) is 9.85. The molecule has 0 bridgehead atoms. The Kier molecular flexibility index (Phi) is 2.83. The number of nitrogens with two attached hydrogens (primary N) is 1. The Hall–Kier alpha value is -0.830. The monoisotopic (exact) mass is 207 g/mol. The molecule has 1 saturated carbocycles. The van der Waals surface area contributed by atoms with E-state index in [1.54, 1.807) is 0 Å². The first-order valence-electron chi connectivity index (χ1n) is 5.84. The number of rotatable bonds is 1. The average molecular weight is 207 g/mol. The summed E-state index contributed by atoms with van der Waals surface area (Å²) in [6.07, 6.45) is 6.34. The Balaban J connectivity index is 2.24. The molecule has 1 heterocycles. The quantitative estimate of drug-likeness (QED) is 0.766. The predicted molar refractivity (Wildman–Crippen MR) is 61.5 cm³/mol. The van der Waals surface area contributed by atoms with E-state index in [1.807, 2.05) is 6.20 Å². The van der Waals surface area contributed by atoms with Crippen molar-refractivity contribution in [2.75, 3.05) is 0 Å². The number of aryl methyl sites for hydroxylation is 1. The van der Waals surface area contributed by atoms with Crippen molar-refractivity contribution in [3.05, 3.63) is 18.2 Å². The van der Waals surface area contributed by atoms with Gasteiger partial charge in [-0.2, -0.15) is 0 Å². The van der Waals surface area contributed by atoms with Gasteiger partial charge in [-0.3, -0.25) is 0 Å². The van der Waals surface area contributed by atoms with E-state index in [4.69, 9.17) is 5.73 Å². The minimum Gasteiger partial charge on any atom is -0.330 e. The molecule has 1 aliphatic rings. The van der Waals surface area contributed by atoms with Gasteiger partial charge in [-0.15, -0.1) is 0 Å².